The topological polar surface area (TPSA) is 51.2 Å². The van der Waals surface area contributed by atoms with Crippen LogP contribution in [0.1, 0.15) is 17.4 Å². The molecule has 21 heavy (non-hydrogen) atoms. The van der Waals surface area contributed by atoms with E-state index in [9.17, 15) is 4.39 Å². The maximum Gasteiger partial charge on any atom is 0.148 e. The number of furan rings is 1. The number of halogens is 3. The first-order chi connectivity index (χ1) is 10.1. The first-order valence-electron chi connectivity index (χ1n) is 6.19. The third kappa shape index (κ3) is 2.70. The molecule has 3 aromatic rings. The van der Waals surface area contributed by atoms with Crippen LogP contribution in [0.25, 0.3) is 11.0 Å². The number of fused-ring (bicyclic) bond motifs is 1. The van der Waals surface area contributed by atoms with Crippen LogP contribution in [0.4, 0.5) is 4.39 Å². The molecule has 0 radical (unpaired) electrons. The molecule has 3 N–H and O–H groups in total. The highest BCUT2D eigenvalue weighted by molar-refractivity contribution is 9.10. The number of nitrogens with one attached hydrogen (secondary N) is 1. The summed E-state index contributed by atoms with van der Waals surface area (Å²) < 4.78 is 20.7. The molecule has 0 saturated carbocycles. The SMILES string of the molecule is NNC(c1cc2cccc(Br)c2o1)c1ccc(Cl)cc1F. The van der Waals surface area contributed by atoms with E-state index in [4.69, 9.17) is 21.9 Å². The van der Waals surface area contributed by atoms with Gasteiger partial charge in [0.15, 0.2) is 0 Å². The third-order valence-corrected chi connectivity index (χ3v) is 4.10. The molecule has 3 rings (SSSR count). The number of nitrogens with two attached hydrogens (primary N) is 1. The van der Waals surface area contributed by atoms with Crippen LogP contribution >= 0.6 is 27.5 Å². The Labute approximate surface area is 134 Å². The average Bonchev–Trinajstić information content (AvgIpc) is 2.87. The van der Waals surface area contributed by atoms with Crippen molar-refractivity contribution in [3.8, 4) is 0 Å². The van der Waals surface area contributed by atoms with Crippen LogP contribution in [0.3, 0.4) is 0 Å². The summed E-state index contributed by atoms with van der Waals surface area (Å²) in [7, 11) is 0. The summed E-state index contributed by atoms with van der Waals surface area (Å²) in [6.07, 6.45) is 0. The van der Waals surface area contributed by atoms with Gasteiger partial charge in [0.25, 0.3) is 0 Å². The molecule has 0 aliphatic rings. The summed E-state index contributed by atoms with van der Waals surface area (Å²) in [6, 6.07) is 11.4. The smallest absolute Gasteiger partial charge is 0.148 e. The van der Waals surface area contributed by atoms with Gasteiger partial charge in [0, 0.05) is 16.0 Å². The minimum atomic E-state index is -0.596. The van der Waals surface area contributed by atoms with Crippen LogP contribution in [-0.4, -0.2) is 0 Å². The molecule has 2 aromatic carbocycles. The van der Waals surface area contributed by atoms with Crippen molar-refractivity contribution in [3.05, 3.63) is 69.1 Å². The van der Waals surface area contributed by atoms with E-state index in [-0.39, 0.29) is 0 Å². The standard InChI is InChI=1S/C15H11BrClFN2O/c16-11-3-1-2-8-6-13(21-15(8)11)14(20-19)10-5-4-9(17)7-12(10)18/h1-7,14,20H,19H2. The number of hydrogen-bond donors (Lipinski definition) is 2. The largest absolute Gasteiger partial charge is 0.458 e. The fourth-order valence-corrected chi connectivity index (χ4v) is 2.87. The van der Waals surface area contributed by atoms with E-state index in [1.165, 1.54) is 6.07 Å². The zero-order valence-electron chi connectivity index (χ0n) is 10.7. The fourth-order valence-electron chi connectivity index (χ4n) is 2.25. The number of benzene rings is 2. The van der Waals surface area contributed by atoms with Crippen molar-refractivity contribution in [2.45, 2.75) is 6.04 Å². The zero-order valence-corrected chi connectivity index (χ0v) is 13.1. The maximum absolute atomic E-state index is 14.1. The van der Waals surface area contributed by atoms with E-state index in [2.05, 4.69) is 21.4 Å². The number of hydrazine groups is 1. The minimum absolute atomic E-state index is 0.333. The van der Waals surface area contributed by atoms with E-state index in [0.717, 1.165) is 9.86 Å². The van der Waals surface area contributed by atoms with Gasteiger partial charge in [0.05, 0.1) is 4.47 Å². The first-order valence-corrected chi connectivity index (χ1v) is 7.36. The van der Waals surface area contributed by atoms with Crippen molar-refractivity contribution >= 4 is 38.5 Å². The predicted octanol–water partition coefficient (Wildman–Crippen LogP) is 4.54. The van der Waals surface area contributed by atoms with Gasteiger partial charge >= 0.3 is 0 Å². The highest BCUT2D eigenvalue weighted by Crippen LogP contribution is 2.33. The Hall–Kier alpha value is -1.40. The van der Waals surface area contributed by atoms with Gasteiger partial charge in [-0.2, -0.15) is 0 Å². The number of rotatable bonds is 3. The van der Waals surface area contributed by atoms with E-state index in [0.29, 0.717) is 21.9 Å². The number of hydrogen-bond acceptors (Lipinski definition) is 3. The monoisotopic (exact) mass is 368 g/mol. The lowest BCUT2D eigenvalue weighted by Gasteiger charge is -2.14. The van der Waals surface area contributed by atoms with Crippen LogP contribution in [0.5, 0.6) is 0 Å². The molecule has 1 aromatic heterocycles. The van der Waals surface area contributed by atoms with Crippen LogP contribution in [0.2, 0.25) is 5.02 Å². The summed E-state index contributed by atoms with van der Waals surface area (Å²) in [5.74, 6) is 5.67. The molecule has 0 saturated heterocycles. The van der Waals surface area contributed by atoms with E-state index >= 15 is 0 Å². The molecule has 1 heterocycles. The molecular weight excluding hydrogens is 359 g/mol. The van der Waals surface area contributed by atoms with Gasteiger partial charge in [-0.3, -0.25) is 5.84 Å². The molecule has 0 bridgehead atoms. The van der Waals surface area contributed by atoms with Gasteiger partial charge in [-0.1, -0.05) is 29.8 Å². The second kappa shape index (κ2) is 5.77. The Balaban J connectivity index is 2.11. The summed E-state index contributed by atoms with van der Waals surface area (Å²) in [5.41, 5.74) is 3.65. The second-order valence-electron chi connectivity index (χ2n) is 4.57. The lowest BCUT2D eigenvalue weighted by atomic mass is 10.0. The van der Waals surface area contributed by atoms with Gasteiger partial charge in [-0.25, -0.2) is 9.82 Å². The van der Waals surface area contributed by atoms with Gasteiger partial charge in [0.2, 0.25) is 0 Å². The molecule has 0 spiro atoms. The van der Waals surface area contributed by atoms with Crippen molar-refractivity contribution in [3.63, 3.8) is 0 Å². The summed E-state index contributed by atoms with van der Waals surface area (Å²) >= 11 is 9.20. The molecule has 1 unspecified atom stereocenters. The molecule has 0 aliphatic heterocycles. The lowest BCUT2D eigenvalue weighted by Crippen LogP contribution is -2.29. The quantitative estimate of drug-likeness (QED) is 0.526. The molecule has 0 fully saturated rings. The number of para-hydroxylation sites is 1. The van der Waals surface area contributed by atoms with E-state index < -0.39 is 11.9 Å². The second-order valence-corrected chi connectivity index (χ2v) is 5.86. The Bertz CT molecular complexity index is 805. The molecule has 6 heteroatoms. The van der Waals surface area contributed by atoms with Crippen molar-refractivity contribution in [1.29, 1.82) is 0 Å². The van der Waals surface area contributed by atoms with Gasteiger partial charge in [-0.15, -0.1) is 0 Å². The van der Waals surface area contributed by atoms with E-state index in [1.807, 2.05) is 24.3 Å². The first kappa shape index (κ1) is 14.5. The van der Waals surface area contributed by atoms with Crippen LogP contribution in [-0.2, 0) is 0 Å². The van der Waals surface area contributed by atoms with Gasteiger partial charge in [-0.05, 0) is 40.2 Å². The highest BCUT2D eigenvalue weighted by Gasteiger charge is 2.21. The summed E-state index contributed by atoms with van der Waals surface area (Å²) in [6.45, 7) is 0. The van der Waals surface area contributed by atoms with Crippen molar-refractivity contribution in [1.82, 2.24) is 5.43 Å². The maximum atomic E-state index is 14.1. The Morgan fingerprint density at radius 1 is 1.24 bits per heavy atom. The molecule has 1 atom stereocenters. The normalized spacial score (nSPS) is 12.8. The molecule has 0 aliphatic carbocycles. The average molecular weight is 370 g/mol. The molecular formula is C15H11BrClFN2O. The zero-order chi connectivity index (χ0) is 15.0. The third-order valence-electron chi connectivity index (χ3n) is 3.24. The summed E-state index contributed by atoms with van der Waals surface area (Å²) in [4.78, 5) is 0. The minimum Gasteiger partial charge on any atom is -0.458 e. The fraction of sp³-hybridized carbons (Fsp3) is 0.0667. The van der Waals surface area contributed by atoms with Gasteiger partial charge in [0.1, 0.15) is 23.2 Å². The highest BCUT2D eigenvalue weighted by atomic mass is 79.9. The predicted molar refractivity (Wildman–Crippen MR) is 84.5 cm³/mol. The van der Waals surface area contributed by atoms with Crippen LogP contribution in [0, 0.1) is 5.82 Å². The Kier molecular flexibility index (Phi) is 3.99. The van der Waals surface area contributed by atoms with E-state index in [1.54, 1.807) is 12.1 Å². The van der Waals surface area contributed by atoms with Crippen LogP contribution in [0.15, 0.2) is 51.4 Å². The molecule has 0 amide bonds. The molecule has 3 nitrogen and oxygen atoms in total. The summed E-state index contributed by atoms with van der Waals surface area (Å²) in [5, 5.41) is 1.24. The molecule has 108 valence electrons. The van der Waals surface area contributed by atoms with Gasteiger partial charge < -0.3 is 4.42 Å². The Morgan fingerprint density at radius 2 is 2.05 bits per heavy atom. The lowest BCUT2D eigenvalue weighted by molar-refractivity contribution is 0.462. The van der Waals surface area contributed by atoms with Crippen molar-refractivity contribution in [2.75, 3.05) is 0 Å². The van der Waals surface area contributed by atoms with Crippen molar-refractivity contribution in [2.24, 2.45) is 5.84 Å². The van der Waals surface area contributed by atoms with Crippen LogP contribution < -0.4 is 11.3 Å². The van der Waals surface area contributed by atoms with Crippen molar-refractivity contribution < 1.29 is 8.81 Å². The Morgan fingerprint density at radius 3 is 2.71 bits per heavy atom.